The number of unbranched alkanes of at least 4 members (excludes halogenated alkanes) is 3. The van der Waals surface area contributed by atoms with E-state index in [1.165, 1.54) is 0 Å². The molecule has 2 heterocycles. The summed E-state index contributed by atoms with van der Waals surface area (Å²) in [7, 11) is 1.78. The van der Waals surface area contributed by atoms with E-state index in [4.69, 9.17) is 20.9 Å². The minimum atomic E-state index is -1.83. The maximum absolute atomic E-state index is 14.4. The first kappa shape index (κ1) is 34.6. The largest absolute Gasteiger partial charge is 0.463 e. The number of esters is 1. The monoisotopic (exact) mass is 617 g/mol. The summed E-state index contributed by atoms with van der Waals surface area (Å²) in [5, 5.41) is 5.60. The fraction of sp³-hybridized carbons (Fsp3) is 0.824. The summed E-state index contributed by atoms with van der Waals surface area (Å²) in [6.07, 6.45) is 12.0. The second-order valence-electron chi connectivity index (χ2n) is 14.3. The topological polar surface area (TPSA) is 168 Å². The molecule has 2 aliphatic heterocycles. The maximum atomic E-state index is 14.4. The van der Waals surface area contributed by atoms with Crippen LogP contribution in [0.5, 0.6) is 0 Å². The lowest BCUT2D eigenvalue weighted by Crippen LogP contribution is -2.95. The van der Waals surface area contributed by atoms with Crippen LogP contribution in [0.3, 0.4) is 0 Å². The normalized spacial score (nSPS) is 34.8. The first-order chi connectivity index (χ1) is 21.0. The molecule has 4 aliphatic rings. The van der Waals surface area contributed by atoms with Crippen molar-refractivity contribution in [3.8, 4) is 0 Å². The fourth-order valence-electron chi connectivity index (χ4n) is 8.29. The van der Waals surface area contributed by atoms with Gasteiger partial charge in [0, 0.05) is 43.4 Å². The number of hydrogen-bond donors (Lipinski definition) is 5. The van der Waals surface area contributed by atoms with Crippen LogP contribution in [-0.2, 0) is 23.9 Å². The molecule has 2 aliphatic carbocycles. The molecule has 0 amide bonds. The SMILES string of the molecule is CCCCCCOC(=O)C12OC1(CC=C(C)CC(NC(N)=[NH+]C)C1CC[NH2+]C(N)C1)C(=O)C1CCCC(CC(C)C)C1C2=O. The molecular weight excluding hydrogens is 558 g/mol. The van der Waals surface area contributed by atoms with Crippen molar-refractivity contribution in [2.24, 2.45) is 41.1 Å². The van der Waals surface area contributed by atoms with Gasteiger partial charge in [-0.15, -0.1) is 0 Å². The minimum absolute atomic E-state index is 0.0529. The van der Waals surface area contributed by atoms with Crippen LogP contribution in [0.4, 0.5) is 0 Å². The Balaban J connectivity index is 1.58. The number of nitrogens with one attached hydrogen (secondary N) is 2. The Morgan fingerprint density at radius 3 is 2.66 bits per heavy atom. The van der Waals surface area contributed by atoms with Gasteiger partial charge in [-0.2, -0.15) is 0 Å². The number of Topliss-reactive ketones (excluding diaryl/α,β-unsaturated/α-hetero) is 2. The predicted octanol–water partition coefficient (Wildman–Crippen LogP) is 0.816. The number of carbonyl (C=O) groups excluding carboxylic acids is 3. The molecule has 248 valence electrons. The molecule has 4 rings (SSSR count). The lowest BCUT2D eigenvalue weighted by molar-refractivity contribution is -0.699. The standard InChI is InChI=1S/C34H57N5O5/c1-6-7-8-9-17-43-31(42)34-30(41)28-24(18-21(2)3)11-10-12-25(28)29(40)33(34,44-34)15-13-22(4)19-26(39-32(36)37-5)23-14-16-38-27(35)20-23/h13,21,23-28,38H,6-12,14-20,35H2,1-5H3,(H3,36,37,39)/p+2. The maximum Gasteiger partial charge on any atom is 0.349 e. The number of epoxide rings is 1. The number of guanidine groups is 1. The molecule has 2 saturated heterocycles. The van der Waals surface area contributed by atoms with E-state index in [9.17, 15) is 14.4 Å². The van der Waals surface area contributed by atoms with E-state index in [1.54, 1.807) is 7.05 Å². The third kappa shape index (κ3) is 7.07. The number of ether oxygens (including phenoxy) is 2. The van der Waals surface area contributed by atoms with E-state index >= 15 is 0 Å². The average molecular weight is 618 g/mol. The number of hydrogen-bond acceptors (Lipinski definition) is 6. The van der Waals surface area contributed by atoms with Crippen LogP contribution in [0.2, 0.25) is 0 Å². The smallest absolute Gasteiger partial charge is 0.349 e. The van der Waals surface area contributed by atoms with Gasteiger partial charge < -0.3 is 14.8 Å². The molecule has 0 bridgehead atoms. The predicted molar refractivity (Wildman–Crippen MR) is 169 cm³/mol. The van der Waals surface area contributed by atoms with Gasteiger partial charge in [-0.3, -0.25) is 31.4 Å². The Morgan fingerprint density at radius 1 is 1.20 bits per heavy atom. The highest BCUT2D eigenvalue weighted by atomic mass is 16.7. The van der Waals surface area contributed by atoms with Gasteiger partial charge >= 0.3 is 11.9 Å². The number of carbonyl (C=O) groups is 3. The third-order valence-electron chi connectivity index (χ3n) is 10.6. The van der Waals surface area contributed by atoms with Gasteiger partial charge in [-0.1, -0.05) is 58.1 Å². The zero-order valence-electron chi connectivity index (χ0n) is 27.8. The van der Waals surface area contributed by atoms with Gasteiger partial charge in [0.25, 0.3) is 5.60 Å². The van der Waals surface area contributed by atoms with Crippen molar-refractivity contribution in [2.45, 2.75) is 128 Å². The summed E-state index contributed by atoms with van der Waals surface area (Å²) >= 11 is 0. The first-order valence-electron chi connectivity index (χ1n) is 17.3. The summed E-state index contributed by atoms with van der Waals surface area (Å²) in [6, 6.07) is 0.0529. The molecule has 10 nitrogen and oxygen atoms in total. The van der Waals surface area contributed by atoms with Gasteiger partial charge in [0.1, 0.15) is 6.17 Å². The molecule has 0 radical (unpaired) electrons. The summed E-state index contributed by atoms with van der Waals surface area (Å²) in [6.45, 7) is 9.65. The highest BCUT2D eigenvalue weighted by molar-refractivity contribution is 6.23. The van der Waals surface area contributed by atoms with E-state index in [-0.39, 0.29) is 42.7 Å². The van der Waals surface area contributed by atoms with E-state index in [0.717, 1.165) is 69.9 Å². The second-order valence-corrected chi connectivity index (χ2v) is 14.3. The molecule has 8 atom stereocenters. The molecule has 8 N–H and O–H groups in total. The molecule has 0 aromatic rings. The van der Waals surface area contributed by atoms with Crippen molar-refractivity contribution < 1.29 is 34.2 Å². The lowest BCUT2D eigenvalue weighted by atomic mass is 9.57. The molecular formula is C34H59N5O5+2. The van der Waals surface area contributed by atoms with E-state index in [1.807, 2.05) is 13.0 Å². The Kier molecular flexibility index (Phi) is 11.7. The number of ketones is 2. The van der Waals surface area contributed by atoms with Crippen LogP contribution in [-0.4, -0.2) is 67.1 Å². The van der Waals surface area contributed by atoms with Gasteiger partial charge in [-0.25, -0.2) is 4.79 Å². The highest BCUT2D eigenvalue weighted by Gasteiger charge is 2.87. The van der Waals surface area contributed by atoms with Crippen molar-refractivity contribution in [3.05, 3.63) is 11.6 Å². The van der Waals surface area contributed by atoms with Crippen LogP contribution in [0, 0.1) is 29.6 Å². The Bertz CT molecular complexity index is 1110. The second kappa shape index (κ2) is 14.9. The molecule has 4 fully saturated rings. The highest BCUT2D eigenvalue weighted by Crippen LogP contribution is 2.62. The van der Waals surface area contributed by atoms with Crippen LogP contribution < -0.4 is 27.1 Å². The fourth-order valence-corrected chi connectivity index (χ4v) is 8.29. The summed E-state index contributed by atoms with van der Waals surface area (Å²) < 4.78 is 12.0. The zero-order valence-corrected chi connectivity index (χ0v) is 27.8. The van der Waals surface area contributed by atoms with E-state index in [0.29, 0.717) is 30.6 Å². The number of rotatable bonds is 14. The van der Waals surface area contributed by atoms with Crippen LogP contribution in [0.1, 0.15) is 105 Å². The molecule has 0 aromatic heterocycles. The quantitative estimate of drug-likeness (QED) is 0.0363. The zero-order chi connectivity index (χ0) is 32.1. The Hall–Kier alpha value is -2.30. The summed E-state index contributed by atoms with van der Waals surface area (Å²) in [5.41, 5.74) is 10.2. The number of fused-ring (bicyclic) bond motifs is 2. The van der Waals surface area contributed by atoms with Crippen molar-refractivity contribution in [3.63, 3.8) is 0 Å². The summed E-state index contributed by atoms with van der Waals surface area (Å²) in [5.74, 6) is -0.543. The minimum Gasteiger partial charge on any atom is -0.463 e. The Morgan fingerprint density at radius 2 is 1.98 bits per heavy atom. The number of piperidine rings is 1. The van der Waals surface area contributed by atoms with Gasteiger partial charge in [0.05, 0.1) is 26.2 Å². The molecule has 0 spiro atoms. The lowest BCUT2D eigenvalue weighted by Gasteiger charge is -2.42. The third-order valence-corrected chi connectivity index (χ3v) is 10.6. The van der Waals surface area contributed by atoms with Crippen molar-refractivity contribution in [2.75, 3.05) is 20.2 Å². The van der Waals surface area contributed by atoms with Crippen molar-refractivity contribution in [1.29, 1.82) is 0 Å². The van der Waals surface area contributed by atoms with Gasteiger partial charge in [0.2, 0.25) is 0 Å². The molecule has 2 saturated carbocycles. The molecule has 8 unspecified atom stereocenters. The van der Waals surface area contributed by atoms with E-state index in [2.05, 4.69) is 36.4 Å². The number of nitrogens with two attached hydrogens (primary N) is 3. The molecule has 0 aromatic carbocycles. The number of quaternary nitrogens is 1. The van der Waals surface area contributed by atoms with Crippen LogP contribution >= 0.6 is 0 Å². The van der Waals surface area contributed by atoms with Crippen LogP contribution in [0.25, 0.3) is 0 Å². The molecule has 44 heavy (non-hydrogen) atoms. The Labute approximate surface area is 263 Å². The molecule has 10 heteroatoms. The first-order valence-corrected chi connectivity index (χ1v) is 17.3. The average Bonchev–Trinajstić information content (AvgIpc) is 3.70. The van der Waals surface area contributed by atoms with Gasteiger partial charge in [-0.05, 0) is 44.4 Å². The van der Waals surface area contributed by atoms with Gasteiger partial charge in [0.15, 0.2) is 17.2 Å². The van der Waals surface area contributed by atoms with Crippen molar-refractivity contribution >= 4 is 23.5 Å². The van der Waals surface area contributed by atoms with Crippen LogP contribution in [0.15, 0.2) is 11.6 Å². The van der Waals surface area contributed by atoms with E-state index < -0.39 is 29.0 Å². The summed E-state index contributed by atoms with van der Waals surface area (Å²) in [4.78, 5) is 45.5. The van der Waals surface area contributed by atoms with Crippen molar-refractivity contribution in [1.82, 2.24) is 5.32 Å².